The van der Waals surface area contributed by atoms with Crippen molar-refractivity contribution >= 4 is 74.9 Å². The van der Waals surface area contributed by atoms with Gasteiger partial charge in [0, 0.05) is 53.3 Å². The molecule has 0 amide bonds. The highest BCUT2D eigenvalue weighted by atomic mass is 32.1. The Kier molecular flexibility index (Phi) is 8.36. The number of nitrogens with zero attached hydrogens (tertiary/aromatic N) is 4. The maximum Gasteiger partial charge on any atom is 0.164 e. The molecule has 64 heavy (non-hydrogen) atoms. The normalized spacial score (nSPS) is 11.8. The Morgan fingerprint density at radius 2 is 0.891 bits per heavy atom. The van der Waals surface area contributed by atoms with Crippen molar-refractivity contribution in [1.29, 1.82) is 0 Å². The van der Waals surface area contributed by atoms with Gasteiger partial charge in [-0.3, -0.25) is 0 Å². The monoisotopic (exact) mass is 832 g/mol. The molecule has 0 aliphatic carbocycles. The van der Waals surface area contributed by atoms with Crippen LogP contribution in [-0.2, 0) is 0 Å². The van der Waals surface area contributed by atoms with Crippen LogP contribution in [0.3, 0.4) is 0 Å². The lowest BCUT2D eigenvalue weighted by Crippen LogP contribution is -2.02. The first-order valence-electron chi connectivity index (χ1n) is 21.6. The number of benzene rings is 10. The molecule has 3 aromatic heterocycles. The molecular weight excluding hydrogens is 797 g/mol. The van der Waals surface area contributed by atoms with Crippen LogP contribution in [0.4, 0.5) is 0 Å². The maximum atomic E-state index is 5.40. The summed E-state index contributed by atoms with van der Waals surface area (Å²) >= 11 is 1.85. The number of thiophene rings is 1. The van der Waals surface area contributed by atoms with E-state index in [9.17, 15) is 0 Å². The zero-order valence-corrected chi connectivity index (χ0v) is 35.3. The number of hydrogen-bond acceptors (Lipinski definition) is 4. The first kappa shape index (κ1) is 36.4. The van der Waals surface area contributed by atoms with E-state index in [2.05, 4.69) is 199 Å². The number of hydrogen-bond donors (Lipinski definition) is 0. The van der Waals surface area contributed by atoms with Gasteiger partial charge in [-0.25, -0.2) is 15.0 Å². The molecule has 5 heteroatoms. The van der Waals surface area contributed by atoms with Gasteiger partial charge >= 0.3 is 0 Å². The van der Waals surface area contributed by atoms with E-state index in [1.807, 2.05) is 35.6 Å². The van der Waals surface area contributed by atoms with Crippen LogP contribution in [0.25, 0.3) is 126 Å². The van der Waals surface area contributed by atoms with E-state index in [1.165, 1.54) is 63.6 Å². The highest BCUT2D eigenvalue weighted by Gasteiger charge is 2.23. The topological polar surface area (TPSA) is 43.6 Å². The molecule has 0 spiro atoms. The Balaban J connectivity index is 1.12. The smallest absolute Gasteiger partial charge is 0.164 e. The lowest BCUT2D eigenvalue weighted by molar-refractivity contribution is 1.07. The van der Waals surface area contributed by atoms with E-state index in [4.69, 9.17) is 15.0 Å². The SMILES string of the molecule is c1ccc(-c2ccc(-c3nc(-c4ccccc4)nc(-c4ccc(-n5c6ccccc6c6cc7ccccc7cc65)cc4-c4c5ccccc5cc5sc6ccccc6c45)n3)cc2)cc1. The van der Waals surface area contributed by atoms with Gasteiger partial charge in [0.1, 0.15) is 0 Å². The molecule has 0 aliphatic rings. The van der Waals surface area contributed by atoms with Gasteiger partial charge in [0.2, 0.25) is 0 Å². The number of para-hydroxylation sites is 1. The lowest BCUT2D eigenvalue weighted by atomic mass is 9.90. The molecule has 10 aromatic carbocycles. The first-order valence-corrected chi connectivity index (χ1v) is 22.4. The molecule has 3 heterocycles. The van der Waals surface area contributed by atoms with Crippen molar-refractivity contribution in [2.75, 3.05) is 0 Å². The predicted molar refractivity (Wildman–Crippen MR) is 269 cm³/mol. The van der Waals surface area contributed by atoms with Gasteiger partial charge in [-0.2, -0.15) is 0 Å². The van der Waals surface area contributed by atoms with Gasteiger partial charge in [-0.15, -0.1) is 11.3 Å². The zero-order valence-electron chi connectivity index (χ0n) is 34.5. The molecule has 0 atom stereocenters. The fraction of sp³-hybridized carbons (Fsp3) is 0. The Hall–Kier alpha value is -8.25. The fourth-order valence-electron chi connectivity index (χ4n) is 9.62. The Morgan fingerprint density at radius 3 is 1.66 bits per heavy atom. The summed E-state index contributed by atoms with van der Waals surface area (Å²) in [7, 11) is 0. The molecule has 0 unspecified atom stereocenters. The number of fused-ring (bicyclic) bond motifs is 8. The quantitative estimate of drug-likeness (QED) is 0.168. The van der Waals surface area contributed by atoms with Crippen LogP contribution in [0.1, 0.15) is 0 Å². The number of aromatic nitrogens is 4. The highest BCUT2D eigenvalue weighted by Crippen LogP contribution is 2.48. The lowest BCUT2D eigenvalue weighted by Gasteiger charge is -2.18. The van der Waals surface area contributed by atoms with Crippen LogP contribution < -0.4 is 0 Å². The van der Waals surface area contributed by atoms with Crippen molar-refractivity contribution in [3.63, 3.8) is 0 Å². The molecule has 13 aromatic rings. The van der Waals surface area contributed by atoms with Gasteiger partial charge in [-0.1, -0.05) is 170 Å². The van der Waals surface area contributed by atoms with Crippen LogP contribution in [-0.4, -0.2) is 19.5 Å². The van der Waals surface area contributed by atoms with Gasteiger partial charge in [0.25, 0.3) is 0 Å². The molecule has 13 rings (SSSR count). The molecule has 4 nitrogen and oxygen atoms in total. The van der Waals surface area contributed by atoms with E-state index in [-0.39, 0.29) is 0 Å². The second-order valence-corrected chi connectivity index (χ2v) is 17.4. The third-order valence-corrected chi connectivity index (χ3v) is 13.7. The highest BCUT2D eigenvalue weighted by molar-refractivity contribution is 7.26. The van der Waals surface area contributed by atoms with Gasteiger partial charge < -0.3 is 4.57 Å². The molecule has 0 bridgehead atoms. The second kappa shape index (κ2) is 14.7. The standard InChI is InChI=1S/C59H36N4S/c1-3-15-37(16-4-1)38-27-29-40(30-28-38)58-60-57(39-17-5-2-6-18-39)61-59(62-58)47-32-31-44(63-51-25-13-11-23-46(51)49-33-41-19-7-8-20-42(41)34-52(49)63)36-50(47)55-45-22-10-9-21-43(45)35-54-56(55)48-24-12-14-26-53(48)64-54/h1-36H. The minimum Gasteiger partial charge on any atom is -0.309 e. The molecule has 0 aliphatic heterocycles. The van der Waals surface area contributed by atoms with Crippen molar-refractivity contribution in [2.24, 2.45) is 0 Å². The van der Waals surface area contributed by atoms with Crippen LogP contribution in [0, 0.1) is 0 Å². The van der Waals surface area contributed by atoms with E-state index in [0.29, 0.717) is 17.5 Å². The third-order valence-electron chi connectivity index (χ3n) is 12.6. The van der Waals surface area contributed by atoms with Crippen LogP contribution in [0.5, 0.6) is 0 Å². The fourth-order valence-corrected chi connectivity index (χ4v) is 10.8. The summed E-state index contributed by atoms with van der Waals surface area (Å²) in [5.74, 6) is 1.87. The maximum absolute atomic E-state index is 5.40. The largest absolute Gasteiger partial charge is 0.309 e. The predicted octanol–water partition coefficient (Wildman–Crippen LogP) is 16.0. The second-order valence-electron chi connectivity index (χ2n) is 16.4. The number of rotatable bonds is 6. The van der Waals surface area contributed by atoms with Crippen molar-refractivity contribution in [3.05, 3.63) is 218 Å². The summed E-state index contributed by atoms with van der Waals surface area (Å²) in [6, 6.07) is 78.2. The molecule has 0 radical (unpaired) electrons. The molecular formula is C59H36N4S. The summed E-state index contributed by atoms with van der Waals surface area (Å²) < 4.78 is 4.93. The summed E-state index contributed by atoms with van der Waals surface area (Å²) in [6.07, 6.45) is 0. The Bertz CT molecular complexity index is 3940. The van der Waals surface area contributed by atoms with Gasteiger partial charge in [-0.05, 0) is 92.3 Å². The molecule has 0 N–H and O–H groups in total. The van der Waals surface area contributed by atoms with Crippen molar-refractivity contribution in [2.45, 2.75) is 0 Å². The average Bonchev–Trinajstić information content (AvgIpc) is 3.90. The Morgan fingerprint density at radius 1 is 0.328 bits per heavy atom. The summed E-state index contributed by atoms with van der Waals surface area (Å²) in [4.78, 5) is 15.9. The van der Waals surface area contributed by atoms with E-state index in [0.717, 1.165) is 44.5 Å². The minimum absolute atomic E-state index is 0.617. The van der Waals surface area contributed by atoms with Gasteiger partial charge in [0.15, 0.2) is 17.5 Å². The zero-order chi connectivity index (χ0) is 42.1. The summed E-state index contributed by atoms with van der Waals surface area (Å²) in [5, 5.41) is 9.73. The van der Waals surface area contributed by atoms with Crippen LogP contribution >= 0.6 is 11.3 Å². The first-order chi connectivity index (χ1) is 31.7. The van der Waals surface area contributed by atoms with E-state index >= 15 is 0 Å². The molecule has 0 saturated carbocycles. The van der Waals surface area contributed by atoms with E-state index in [1.54, 1.807) is 0 Å². The minimum atomic E-state index is 0.617. The van der Waals surface area contributed by atoms with Crippen LogP contribution in [0.15, 0.2) is 218 Å². The van der Waals surface area contributed by atoms with Crippen molar-refractivity contribution in [1.82, 2.24) is 19.5 Å². The summed E-state index contributed by atoms with van der Waals surface area (Å²) in [5.41, 5.74) is 10.7. The van der Waals surface area contributed by atoms with Crippen LogP contribution in [0.2, 0.25) is 0 Å². The average molecular weight is 833 g/mol. The van der Waals surface area contributed by atoms with Gasteiger partial charge in [0.05, 0.1) is 11.0 Å². The third kappa shape index (κ3) is 5.93. The molecule has 0 fully saturated rings. The van der Waals surface area contributed by atoms with Crippen molar-refractivity contribution < 1.29 is 0 Å². The Labute approximate surface area is 373 Å². The van der Waals surface area contributed by atoms with Crippen molar-refractivity contribution in [3.8, 4) is 62.1 Å². The molecule has 0 saturated heterocycles. The molecule has 298 valence electrons. The summed E-state index contributed by atoms with van der Waals surface area (Å²) in [6.45, 7) is 0. The van der Waals surface area contributed by atoms with E-state index < -0.39 is 0 Å².